The average Bonchev–Trinajstić information content (AvgIpc) is 3.10. The van der Waals surface area contributed by atoms with Crippen LogP contribution in [0.15, 0.2) is 29.0 Å². The van der Waals surface area contributed by atoms with E-state index in [1.807, 2.05) is 0 Å². The Balaban J connectivity index is 1.66. The van der Waals surface area contributed by atoms with Gasteiger partial charge in [-0.15, -0.1) is 0 Å². The van der Waals surface area contributed by atoms with E-state index in [4.69, 9.17) is 0 Å². The van der Waals surface area contributed by atoms with Gasteiger partial charge in [0.25, 0.3) is 0 Å². The summed E-state index contributed by atoms with van der Waals surface area (Å²) >= 11 is 3.32. The second-order valence-electron chi connectivity index (χ2n) is 4.41. The molecule has 1 fully saturated rings. The number of H-pyrrole nitrogens is 1. The van der Waals surface area contributed by atoms with Crippen LogP contribution in [0, 0.1) is 0 Å². The standard InChI is InChI=1S/C12H12BrN5O/c13-8-3-4-14-10(5-8)17-12(19)16-9-6-15-18-11(9)7-1-2-7/h3-7H,1-2H2,(H,15,18)(H2,14,16,17,19). The Morgan fingerprint density at radius 3 is 3.00 bits per heavy atom. The summed E-state index contributed by atoms with van der Waals surface area (Å²) in [6.45, 7) is 0. The highest BCUT2D eigenvalue weighted by Gasteiger charge is 2.28. The van der Waals surface area contributed by atoms with E-state index in [-0.39, 0.29) is 6.03 Å². The van der Waals surface area contributed by atoms with Gasteiger partial charge in [0.1, 0.15) is 5.82 Å². The predicted octanol–water partition coefficient (Wildman–Crippen LogP) is 3.09. The molecule has 2 aromatic heterocycles. The third-order valence-corrected chi connectivity index (χ3v) is 3.36. The van der Waals surface area contributed by atoms with Gasteiger partial charge in [0.05, 0.1) is 17.6 Å². The molecule has 7 heteroatoms. The van der Waals surface area contributed by atoms with Crippen molar-refractivity contribution in [2.45, 2.75) is 18.8 Å². The second-order valence-corrected chi connectivity index (χ2v) is 5.33. The molecule has 0 aromatic carbocycles. The summed E-state index contributed by atoms with van der Waals surface area (Å²) in [5.74, 6) is 0.991. The fourth-order valence-electron chi connectivity index (χ4n) is 1.82. The molecule has 0 aliphatic heterocycles. The Morgan fingerprint density at radius 2 is 2.26 bits per heavy atom. The molecule has 0 atom stereocenters. The first-order valence-electron chi connectivity index (χ1n) is 5.95. The Morgan fingerprint density at radius 1 is 1.42 bits per heavy atom. The fourth-order valence-corrected chi connectivity index (χ4v) is 2.16. The number of carbonyl (C=O) groups excluding carboxylic acids is 1. The van der Waals surface area contributed by atoms with Crippen LogP contribution >= 0.6 is 15.9 Å². The van der Waals surface area contributed by atoms with E-state index in [2.05, 4.69) is 41.7 Å². The minimum absolute atomic E-state index is 0.325. The van der Waals surface area contributed by atoms with Gasteiger partial charge in [-0.25, -0.2) is 9.78 Å². The molecule has 2 heterocycles. The van der Waals surface area contributed by atoms with Crippen molar-refractivity contribution in [2.75, 3.05) is 10.6 Å². The topological polar surface area (TPSA) is 82.7 Å². The number of pyridine rings is 1. The monoisotopic (exact) mass is 321 g/mol. The first kappa shape index (κ1) is 12.2. The summed E-state index contributed by atoms with van der Waals surface area (Å²) in [6.07, 6.45) is 5.53. The highest BCUT2D eigenvalue weighted by atomic mass is 79.9. The zero-order chi connectivity index (χ0) is 13.2. The minimum Gasteiger partial charge on any atom is -0.305 e. The van der Waals surface area contributed by atoms with Crippen molar-refractivity contribution in [1.82, 2.24) is 15.2 Å². The van der Waals surface area contributed by atoms with Gasteiger partial charge in [-0.1, -0.05) is 15.9 Å². The summed E-state index contributed by atoms with van der Waals surface area (Å²) in [6, 6.07) is 3.20. The van der Waals surface area contributed by atoms with Crippen molar-refractivity contribution < 1.29 is 4.79 Å². The van der Waals surface area contributed by atoms with Gasteiger partial charge in [-0.2, -0.15) is 5.10 Å². The number of aromatic amines is 1. The molecule has 98 valence electrons. The summed E-state index contributed by atoms with van der Waals surface area (Å²) < 4.78 is 0.861. The van der Waals surface area contributed by atoms with Gasteiger partial charge in [-0.05, 0) is 25.0 Å². The van der Waals surface area contributed by atoms with Crippen molar-refractivity contribution in [2.24, 2.45) is 0 Å². The quantitative estimate of drug-likeness (QED) is 0.812. The molecular formula is C12H12BrN5O. The largest absolute Gasteiger partial charge is 0.324 e. The third kappa shape index (κ3) is 2.93. The van der Waals surface area contributed by atoms with E-state index in [1.54, 1.807) is 24.5 Å². The van der Waals surface area contributed by atoms with Gasteiger partial charge in [0.15, 0.2) is 0 Å². The van der Waals surface area contributed by atoms with Crippen LogP contribution in [0.4, 0.5) is 16.3 Å². The zero-order valence-electron chi connectivity index (χ0n) is 9.98. The highest BCUT2D eigenvalue weighted by Crippen LogP contribution is 2.42. The number of nitrogens with one attached hydrogen (secondary N) is 3. The van der Waals surface area contributed by atoms with E-state index in [0.717, 1.165) is 28.7 Å². The number of amides is 2. The zero-order valence-corrected chi connectivity index (χ0v) is 11.6. The molecule has 3 rings (SSSR count). The van der Waals surface area contributed by atoms with E-state index in [9.17, 15) is 4.79 Å². The van der Waals surface area contributed by atoms with Crippen molar-refractivity contribution in [3.05, 3.63) is 34.7 Å². The molecule has 1 saturated carbocycles. The van der Waals surface area contributed by atoms with Crippen LogP contribution in [-0.2, 0) is 0 Å². The number of aromatic nitrogens is 3. The molecule has 0 unspecified atom stereocenters. The molecule has 0 radical (unpaired) electrons. The molecule has 1 aliphatic rings. The molecule has 6 nitrogen and oxygen atoms in total. The van der Waals surface area contributed by atoms with Gasteiger partial charge >= 0.3 is 6.03 Å². The molecule has 0 saturated heterocycles. The number of halogens is 1. The molecule has 0 bridgehead atoms. The SMILES string of the molecule is O=C(Nc1cc(Br)ccn1)Nc1cn[nH]c1C1CC1. The van der Waals surface area contributed by atoms with Crippen LogP contribution in [0.3, 0.4) is 0 Å². The number of hydrogen-bond acceptors (Lipinski definition) is 3. The first-order chi connectivity index (χ1) is 9.22. The lowest BCUT2D eigenvalue weighted by atomic mass is 10.2. The second kappa shape index (κ2) is 5.00. The fraction of sp³-hybridized carbons (Fsp3) is 0.250. The van der Waals surface area contributed by atoms with Gasteiger partial charge in [0.2, 0.25) is 0 Å². The van der Waals surface area contributed by atoms with Crippen LogP contribution in [-0.4, -0.2) is 21.2 Å². The molecule has 3 N–H and O–H groups in total. The van der Waals surface area contributed by atoms with Crippen LogP contribution in [0.2, 0.25) is 0 Å². The highest BCUT2D eigenvalue weighted by molar-refractivity contribution is 9.10. The van der Waals surface area contributed by atoms with Gasteiger partial charge < -0.3 is 5.32 Å². The minimum atomic E-state index is -0.325. The maximum Gasteiger partial charge on any atom is 0.324 e. The lowest BCUT2D eigenvalue weighted by molar-refractivity contribution is 0.262. The summed E-state index contributed by atoms with van der Waals surface area (Å²) in [7, 11) is 0. The first-order valence-corrected chi connectivity index (χ1v) is 6.74. The molecule has 19 heavy (non-hydrogen) atoms. The Hall–Kier alpha value is -1.89. The average molecular weight is 322 g/mol. The van der Waals surface area contributed by atoms with Crippen LogP contribution in [0.1, 0.15) is 24.5 Å². The summed E-state index contributed by atoms with van der Waals surface area (Å²) in [5, 5.41) is 12.4. The van der Waals surface area contributed by atoms with E-state index >= 15 is 0 Å². The van der Waals surface area contributed by atoms with E-state index in [0.29, 0.717) is 11.7 Å². The summed E-state index contributed by atoms with van der Waals surface area (Å²) in [4.78, 5) is 15.9. The van der Waals surface area contributed by atoms with Crippen molar-refractivity contribution >= 4 is 33.5 Å². The lowest BCUT2D eigenvalue weighted by Crippen LogP contribution is -2.20. The predicted molar refractivity (Wildman–Crippen MR) is 75.1 cm³/mol. The normalized spacial score (nSPS) is 14.2. The van der Waals surface area contributed by atoms with E-state index in [1.165, 1.54) is 0 Å². The number of rotatable bonds is 3. The van der Waals surface area contributed by atoms with Crippen molar-refractivity contribution in [3.63, 3.8) is 0 Å². The third-order valence-electron chi connectivity index (χ3n) is 2.87. The van der Waals surface area contributed by atoms with E-state index < -0.39 is 0 Å². The smallest absolute Gasteiger partial charge is 0.305 e. The van der Waals surface area contributed by atoms with Crippen LogP contribution in [0.25, 0.3) is 0 Å². The van der Waals surface area contributed by atoms with Gasteiger partial charge in [-0.3, -0.25) is 10.4 Å². The number of hydrogen-bond donors (Lipinski definition) is 3. The molecule has 0 spiro atoms. The van der Waals surface area contributed by atoms with Crippen LogP contribution in [0.5, 0.6) is 0 Å². The Labute approximate surface area is 118 Å². The van der Waals surface area contributed by atoms with Gasteiger partial charge in [0, 0.05) is 16.6 Å². The Bertz CT molecular complexity index is 608. The molecule has 2 aromatic rings. The number of anilines is 2. The molecule has 2 amide bonds. The number of urea groups is 1. The maximum absolute atomic E-state index is 11.9. The number of nitrogens with zero attached hydrogens (tertiary/aromatic N) is 2. The van der Waals surface area contributed by atoms with Crippen LogP contribution < -0.4 is 10.6 Å². The Kier molecular flexibility index (Phi) is 3.20. The number of carbonyl (C=O) groups is 1. The van der Waals surface area contributed by atoms with Crippen molar-refractivity contribution in [3.8, 4) is 0 Å². The summed E-state index contributed by atoms with van der Waals surface area (Å²) in [5.41, 5.74) is 1.73. The van der Waals surface area contributed by atoms with Crippen molar-refractivity contribution in [1.29, 1.82) is 0 Å². The molecule has 1 aliphatic carbocycles. The molecular weight excluding hydrogens is 310 g/mol. The maximum atomic E-state index is 11.9. The lowest BCUT2D eigenvalue weighted by Gasteiger charge is -2.07.